The number of β-amino-alcohol motifs (C(OH)–C–C–N with tert-alkyl or cyclic N) is 1. The number of aliphatic hydroxyl groups is 1. The van der Waals surface area contributed by atoms with E-state index in [1.165, 1.54) is 11.3 Å². The number of amides is 1. The van der Waals surface area contributed by atoms with Crippen LogP contribution in [-0.2, 0) is 0 Å². The number of rotatable bonds is 3. The fourth-order valence-corrected chi connectivity index (χ4v) is 2.81. The number of aromatic nitrogens is 1. The normalized spacial score (nSPS) is 21.4. The first kappa shape index (κ1) is 18.6. The van der Waals surface area contributed by atoms with E-state index in [9.17, 15) is 9.90 Å². The molecule has 1 aromatic rings. The topological polar surface area (TPSA) is 74.2 Å². The van der Waals surface area contributed by atoms with Crippen LogP contribution in [-0.4, -0.2) is 41.7 Å². The van der Waals surface area contributed by atoms with E-state index in [4.69, 9.17) is 0 Å². The van der Waals surface area contributed by atoms with Gasteiger partial charge in [0.25, 0.3) is 5.91 Å². The molecule has 0 aliphatic carbocycles. The number of carbonyl (C=O) groups is 1. The Hall–Kier alpha value is -0.400. The lowest BCUT2D eigenvalue weighted by atomic mass is 10.1. The van der Waals surface area contributed by atoms with Gasteiger partial charge in [-0.3, -0.25) is 4.79 Å². The van der Waals surface area contributed by atoms with Crippen LogP contribution in [0.25, 0.3) is 0 Å². The maximum atomic E-state index is 11.9. The van der Waals surface area contributed by atoms with Crippen LogP contribution in [0.15, 0.2) is 0 Å². The minimum Gasteiger partial charge on any atom is -0.391 e. The Morgan fingerprint density at radius 2 is 2.16 bits per heavy atom. The predicted molar refractivity (Wildman–Crippen MR) is 80.8 cm³/mol. The predicted octanol–water partition coefficient (Wildman–Crippen LogP) is 0.914. The van der Waals surface area contributed by atoms with Crippen LogP contribution in [0.3, 0.4) is 0 Å². The van der Waals surface area contributed by atoms with Crippen molar-refractivity contribution in [3.63, 3.8) is 0 Å². The van der Waals surface area contributed by atoms with Crippen molar-refractivity contribution < 1.29 is 9.90 Å². The second-order valence-electron chi connectivity index (χ2n) is 4.34. The van der Waals surface area contributed by atoms with Crippen LogP contribution in [0.1, 0.15) is 20.4 Å². The minimum atomic E-state index is -0.361. The molecule has 1 fully saturated rings. The van der Waals surface area contributed by atoms with Crippen LogP contribution < -0.4 is 10.6 Å². The maximum Gasteiger partial charge on any atom is 0.263 e. The van der Waals surface area contributed by atoms with Gasteiger partial charge in [-0.1, -0.05) is 0 Å². The van der Waals surface area contributed by atoms with E-state index in [-0.39, 0.29) is 42.7 Å². The minimum absolute atomic E-state index is 0. The van der Waals surface area contributed by atoms with Gasteiger partial charge in [-0.2, -0.15) is 0 Å². The molecule has 0 bridgehead atoms. The number of halogens is 2. The Morgan fingerprint density at radius 3 is 2.63 bits per heavy atom. The molecule has 1 saturated heterocycles. The number of hydrogen-bond donors (Lipinski definition) is 3. The molecule has 1 aliphatic heterocycles. The second kappa shape index (κ2) is 8.01. The highest BCUT2D eigenvalue weighted by atomic mass is 35.5. The molecule has 2 unspecified atom stereocenters. The summed E-state index contributed by atoms with van der Waals surface area (Å²) in [6, 6.07) is 0. The van der Waals surface area contributed by atoms with Crippen molar-refractivity contribution in [3.8, 4) is 0 Å². The lowest BCUT2D eigenvalue weighted by Gasteiger charge is -2.13. The van der Waals surface area contributed by atoms with Crippen LogP contribution in [0.2, 0.25) is 0 Å². The maximum absolute atomic E-state index is 11.9. The van der Waals surface area contributed by atoms with Gasteiger partial charge in [-0.25, -0.2) is 4.98 Å². The molecule has 8 heteroatoms. The average Bonchev–Trinajstić information content (AvgIpc) is 2.81. The Morgan fingerprint density at radius 1 is 1.47 bits per heavy atom. The molecule has 2 rings (SSSR count). The van der Waals surface area contributed by atoms with Gasteiger partial charge in [0.05, 0.1) is 16.8 Å². The van der Waals surface area contributed by atoms with Crippen molar-refractivity contribution in [2.24, 2.45) is 5.92 Å². The van der Waals surface area contributed by atoms with Gasteiger partial charge in [-0.15, -0.1) is 36.2 Å². The van der Waals surface area contributed by atoms with Gasteiger partial charge >= 0.3 is 0 Å². The molecule has 3 N–H and O–H groups in total. The molecule has 0 aromatic carbocycles. The van der Waals surface area contributed by atoms with E-state index in [0.29, 0.717) is 18.0 Å². The summed E-state index contributed by atoms with van der Waals surface area (Å²) in [4.78, 5) is 16.8. The third-order valence-corrected chi connectivity index (χ3v) is 4.01. The van der Waals surface area contributed by atoms with E-state index in [0.717, 1.165) is 17.2 Å². The average molecular weight is 328 g/mol. The molecule has 0 radical (unpaired) electrons. The number of nitrogens with one attached hydrogen (secondary N) is 2. The summed E-state index contributed by atoms with van der Waals surface area (Å²) in [5, 5.41) is 16.5. The molecular weight excluding hydrogens is 309 g/mol. The van der Waals surface area contributed by atoms with Gasteiger partial charge < -0.3 is 15.7 Å². The first-order chi connectivity index (χ1) is 8.08. The number of carbonyl (C=O) groups excluding carboxylic acids is 1. The van der Waals surface area contributed by atoms with Gasteiger partial charge in [-0.05, 0) is 13.8 Å². The highest BCUT2D eigenvalue weighted by Gasteiger charge is 2.25. The Kier molecular flexibility index (Phi) is 7.85. The molecule has 2 atom stereocenters. The summed E-state index contributed by atoms with van der Waals surface area (Å²) in [5.74, 6) is 0.0143. The third kappa shape index (κ3) is 4.57. The fourth-order valence-electron chi connectivity index (χ4n) is 1.97. The number of thiazole rings is 1. The fraction of sp³-hybridized carbons (Fsp3) is 0.636. The van der Waals surface area contributed by atoms with Crippen molar-refractivity contribution in [2.45, 2.75) is 20.0 Å². The lowest BCUT2D eigenvalue weighted by Crippen LogP contribution is -2.34. The molecule has 1 aromatic heterocycles. The zero-order chi connectivity index (χ0) is 12.4. The van der Waals surface area contributed by atoms with Crippen molar-refractivity contribution in [1.29, 1.82) is 0 Å². The van der Waals surface area contributed by atoms with Gasteiger partial charge in [0.2, 0.25) is 0 Å². The second-order valence-corrected chi connectivity index (χ2v) is 5.55. The summed E-state index contributed by atoms with van der Waals surface area (Å²) < 4.78 is 0. The standard InChI is InChI=1S/C11H17N3O2S.2ClH/c1-6-10(17-7(2)14-6)11(16)13-4-8-3-12-5-9(8)15;;/h8-9,12,15H,3-5H2,1-2H3,(H,13,16);2*1H. The highest BCUT2D eigenvalue weighted by molar-refractivity contribution is 7.13. The monoisotopic (exact) mass is 327 g/mol. The molecule has 0 spiro atoms. The first-order valence-electron chi connectivity index (χ1n) is 5.69. The van der Waals surface area contributed by atoms with Crippen LogP contribution in [0.5, 0.6) is 0 Å². The Labute approximate surface area is 129 Å². The SMILES string of the molecule is Cc1nc(C)c(C(=O)NCC2CNCC2O)s1.Cl.Cl. The van der Waals surface area contributed by atoms with E-state index < -0.39 is 0 Å². The summed E-state index contributed by atoms with van der Waals surface area (Å²) in [6.07, 6.45) is -0.361. The molecule has 19 heavy (non-hydrogen) atoms. The van der Waals surface area contributed by atoms with E-state index in [1.807, 2.05) is 13.8 Å². The highest BCUT2D eigenvalue weighted by Crippen LogP contribution is 2.17. The van der Waals surface area contributed by atoms with Crippen LogP contribution in [0.4, 0.5) is 0 Å². The van der Waals surface area contributed by atoms with Crippen molar-refractivity contribution in [1.82, 2.24) is 15.6 Å². The van der Waals surface area contributed by atoms with Crippen molar-refractivity contribution >= 4 is 42.1 Å². The summed E-state index contributed by atoms with van der Waals surface area (Å²) in [7, 11) is 0. The van der Waals surface area contributed by atoms with E-state index in [1.54, 1.807) is 0 Å². The van der Waals surface area contributed by atoms with Gasteiger partial charge in [0.1, 0.15) is 4.88 Å². The lowest BCUT2D eigenvalue weighted by molar-refractivity contribution is 0.0930. The Bertz CT molecular complexity index is 428. The van der Waals surface area contributed by atoms with Crippen molar-refractivity contribution in [2.75, 3.05) is 19.6 Å². The first-order valence-corrected chi connectivity index (χ1v) is 6.50. The Balaban J connectivity index is 0.00000162. The van der Waals surface area contributed by atoms with Crippen LogP contribution in [0, 0.1) is 19.8 Å². The molecule has 0 saturated carbocycles. The number of nitrogens with zero attached hydrogens (tertiary/aromatic N) is 1. The van der Waals surface area contributed by atoms with E-state index >= 15 is 0 Å². The number of aliphatic hydroxyl groups excluding tert-OH is 1. The molecule has 5 nitrogen and oxygen atoms in total. The number of aryl methyl sites for hydroxylation is 2. The largest absolute Gasteiger partial charge is 0.391 e. The zero-order valence-corrected chi connectivity index (χ0v) is 13.3. The number of hydrogen-bond acceptors (Lipinski definition) is 5. The molecule has 1 aliphatic rings. The molecule has 2 heterocycles. The summed E-state index contributed by atoms with van der Waals surface area (Å²) in [5.41, 5.74) is 0.773. The van der Waals surface area contributed by atoms with Crippen molar-refractivity contribution in [3.05, 3.63) is 15.6 Å². The zero-order valence-electron chi connectivity index (χ0n) is 10.8. The molecular formula is C11H19Cl2N3O2S. The van der Waals surface area contributed by atoms with E-state index in [2.05, 4.69) is 15.6 Å². The molecule has 110 valence electrons. The third-order valence-electron chi connectivity index (χ3n) is 2.94. The smallest absolute Gasteiger partial charge is 0.263 e. The van der Waals surface area contributed by atoms with Gasteiger partial charge in [0.15, 0.2) is 0 Å². The van der Waals surface area contributed by atoms with Crippen LogP contribution >= 0.6 is 36.2 Å². The molecule has 1 amide bonds. The quantitative estimate of drug-likeness (QED) is 0.771. The summed E-state index contributed by atoms with van der Waals surface area (Å²) >= 11 is 1.40. The summed E-state index contributed by atoms with van der Waals surface area (Å²) in [6.45, 7) is 5.59. The van der Waals surface area contributed by atoms with Gasteiger partial charge in [0, 0.05) is 25.6 Å².